The number of aromatic nitrogens is 1. The molecule has 0 saturated heterocycles. The van der Waals surface area contributed by atoms with E-state index in [1.54, 1.807) is 11.8 Å². The molecule has 3 heteroatoms. The number of thioether (sulfide) groups is 1. The molecular weight excluding hydrogens is 182 g/mol. The SMILES string of the molecule is OCCCCCSc1ccccn1. The van der Waals surface area contributed by atoms with Gasteiger partial charge in [0.1, 0.15) is 0 Å². The van der Waals surface area contributed by atoms with Gasteiger partial charge in [-0.05, 0) is 30.7 Å². The van der Waals surface area contributed by atoms with Crippen molar-refractivity contribution in [3.05, 3.63) is 24.4 Å². The molecule has 1 N–H and O–H groups in total. The third kappa shape index (κ3) is 4.90. The maximum atomic E-state index is 8.56. The van der Waals surface area contributed by atoms with Crippen molar-refractivity contribution < 1.29 is 5.11 Å². The van der Waals surface area contributed by atoms with Crippen molar-refractivity contribution in [2.24, 2.45) is 0 Å². The Morgan fingerprint density at radius 2 is 2.15 bits per heavy atom. The van der Waals surface area contributed by atoms with Crippen LogP contribution in [-0.4, -0.2) is 22.5 Å². The van der Waals surface area contributed by atoms with Crippen molar-refractivity contribution in [1.82, 2.24) is 4.98 Å². The average molecular weight is 197 g/mol. The molecule has 0 unspecified atom stereocenters. The molecule has 0 bridgehead atoms. The molecule has 0 atom stereocenters. The first-order valence-electron chi connectivity index (χ1n) is 4.58. The number of aliphatic hydroxyl groups is 1. The van der Waals surface area contributed by atoms with Crippen molar-refractivity contribution >= 4 is 11.8 Å². The molecule has 0 aliphatic rings. The van der Waals surface area contributed by atoms with Gasteiger partial charge in [0.15, 0.2) is 0 Å². The Bertz CT molecular complexity index is 215. The van der Waals surface area contributed by atoms with Gasteiger partial charge in [-0.25, -0.2) is 4.98 Å². The minimum Gasteiger partial charge on any atom is -0.396 e. The smallest absolute Gasteiger partial charge is 0.0959 e. The lowest BCUT2D eigenvalue weighted by Gasteiger charge is -1.99. The van der Waals surface area contributed by atoms with Crippen LogP contribution in [-0.2, 0) is 0 Å². The summed E-state index contributed by atoms with van der Waals surface area (Å²) in [7, 11) is 0. The van der Waals surface area contributed by atoms with E-state index in [4.69, 9.17) is 5.11 Å². The Balaban J connectivity index is 2.07. The van der Waals surface area contributed by atoms with E-state index in [1.165, 1.54) is 0 Å². The topological polar surface area (TPSA) is 33.1 Å². The van der Waals surface area contributed by atoms with Gasteiger partial charge in [0.2, 0.25) is 0 Å². The second-order valence-electron chi connectivity index (χ2n) is 2.80. The monoisotopic (exact) mass is 197 g/mol. The van der Waals surface area contributed by atoms with Crippen molar-refractivity contribution in [2.75, 3.05) is 12.4 Å². The van der Waals surface area contributed by atoms with Gasteiger partial charge in [0.25, 0.3) is 0 Å². The van der Waals surface area contributed by atoms with Crippen LogP contribution in [0, 0.1) is 0 Å². The first-order valence-corrected chi connectivity index (χ1v) is 5.57. The Labute approximate surface area is 83.4 Å². The number of aliphatic hydroxyl groups excluding tert-OH is 1. The standard InChI is InChI=1S/C10H15NOS/c12-8-4-1-5-9-13-10-6-2-3-7-11-10/h2-3,6-7,12H,1,4-5,8-9H2. The van der Waals surface area contributed by atoms with Gasteiger partial charge in [0.05, 0.1) is 5.03 Å². The summed E-state index contributed by atoms with van der Waals surface area (Å²) in [5.41, 5.74) is 0. The first-order chi connectivity index (χ1) is 6.43. The zero-order valence-corrected chi connectivity index (χ0v) is 8.46. The summed E-state index contributed by atoms with van der Waals surface area (Å²) in [4.78, 5) is 4.21. The predicted octanol–water partition coefficient (Wildman–Crippen LogP) is 2.34. The molecule has 1 aromatic rings. The van der Waals surface area contributed by atoms with Crippen LogP contribution in [0.4, 0.5) is 0 Å². The first kappa shape index (κ1) is 10.5. The number of hydrogen-bond acceptors (Lipinski definition) is 3. The number of pyridine rings is 1. The highest BCUT2D eigenvalue weighted by Crippen LogP contribution is 2.15. The molecule has 2 nitrogen and oxygen atoms in total. The minimum atomic E-state index is 0.314. The highest BCUT2D eigenvalue weighted by molar-refractivity contribution is 7.99. The van der Waals surface area contributed by atoms with E-state index in [0.29, 0.717) is 6.61 Å². The summed E-state index contributed by atoms with van der Waals surface area (Å²) in [5, 5.41) is 9.65. The highest BCUT2D eigenvalue weighted by Gasteiger charge is 1.93. The molecule has 0 spiro atoms. The van der Waals surface area contributed by atoms with Gasteiger partial charge in [0, 0.05) is 12.8 Å². The molecular formula is C10H15NOS. The van der Waals surface area contributed by atoms with Gasteiger partial charge in [-0.15, -0.1) is 11.8 Å². The molecule has 0 saturated carbocycles. The van der Waals surface area contributed by atoms with Crippen LogP contribution in [0.15, 0.2) is 29.4 Å². The van der Waals surface area contributed by atoms with Crippen molar-refractivity contribution in [3.63, 3.8) is 0 Å². The number of nitrogens with zero attached hydrogens (tertiary/aromatic N) is 1. The zero-order valence-electron chi connectivity index (χ0n) is 7.65. The molecule has 0 aliphatic heterocycles. The molecule has 0 amide bonds. The Hall–Kier alpha value is -0.540. The predicted molar refractivity (Wildman–Crippen MR) is 55.9 cm³/mol. The number of hydrogen-bond donors (Lipinski definition) is 1. The minimum absolute atomic E-state index is 0.314. The van der Waals surface area contributed by atoms with Crippen molar-refractivity contribution in [3.8, 4) is 0 Å². The van der Waals surface area contributed by atoms with Gasteiger partial charge in [-0.1, -0.05) is 12.5 Å². The summed E-state index contributed by atoms with van der Waals surface area (Å²) >= 11 is 1.78. The van der Waals surface area contributed by atoms with E-state index >= 15 is 0 Å². The van der Waals surface area contributed by atoms with Crippen molar-refractivity contribution in [1.29, 1.82) is 0 Å². The zero-order chi connectivity index (χ0) is 9.36. The molecule has 72 valence electrons. The maximum Gasteiger partial charge on any atom is 0.0959 e. The fourth-order valence-corrected chi connectivity index (χ4v) is 1.87. The fraction of sp³-hybridized carbons (Fsp3) is 0.500. The Morgan fingerprint density at radius 3 is 2.85 bits per heavy atom. The lowest BCUT2D eigenvalue weighted by Crippen LogP contribution is -1.86. The van der Waals surface area contributed by atoms with E-state index in [2.05, 4.69) is 4.98 Å². The molecule has 1 rings (SSSR count). The molecule has 13 heavy (non-hydrogen) atoms. The van der Waals surface area contributed by atoms with E-state index < -0.39 is 0 Å². The van der Waals surface area contributed by atoms with Crippen LogP contribution < -0.4 is 0 Å². The normalized spacial score (nSPS) is 10.2. The van der Waals surface area contributed by atoms with E-state index in [9.17, 15) is 0 Å². The molecule has 0 aromatic carbocycles. The van der Waals surface area contributed by atoms with E-state index in [0.717, 1.165) is 30.0 Å². The third-order valence-corrected chi connectivity index (χ3v) is 2.72. The van der Waals surface area contributed by atoms with Crippen LogP contribution >= 0.6 is 11.8 Å². The summed E-state index contributed by atoms with van der Waals surface area (Å²) in [5.74, 6) is 1.09. The van der Waals surface area contributed by atoms with Gasteiger partial charge in [-0.2, -0.15) is 0 Å². The van der Waals surface area contributed by atoms with Crippen LogP contribution in [0.1, 0.15) is 19.3 Å². The summed E-state index contributed by atoms with van der Waals surface area (Å²) < 4.78 is 0. The number of unbranched alkanes of at least 4 members (excludes halogenated alkanes) is 2. The van der Waals surface area contributed by atoms with Crippen LogP contribution in [0.5, 0.6) is 0 Å². The lowest BCUT2D eigenvalue weighted by molar-refractivity contribution is 0.284. The molecule has 1 heterocycles. The van der Waals surface area contributed by atoms with Gasteiger partial charge in [-0.3, -0.25) is 0 Å². The van der Waals surface area contributed by atoms with Gasteiger partial charge < -0.3 is 5.11 Å². The van der Waals surface area contributed by atoms with Crippen molar-refractivity contribution in [2.45, 2.75) is 24.3 Å². The van der Waals surface area contributed by atoms with E-state index in [1.807, 2.05) is 24.4 Å². The highest BCUT2D eigenvalue weighted by atomic mass is 32.2. The van der Waals surface area contributed by atoms with Crippen LogP contribution in [0.25, 0.3) is 0 Å². The largest absolute Gasteiger partial charge is 0.396 e. The van der Waals surface area contributed by atoms with E-state index in [-0.39, 0.29) is 0 Å². The Morgan fingerprint density at radius 1 is 1.23 bits per heavy atom. The van der Waals surface area contributed by atoms with Crippen LogP contribution in [0.2, 0.25) is 0 Å². The second-order valence-corrected chi connectivity index (χ2v) is 3.92. The number of rotatable bonds is 6. The molecule has 0 radical (unpaired) electrons. The summed E-state index contributed by atoms with van der Waals surface area (Å²) in [6.45, 7) is 0.314. The van der Waals surface area contributed by atoms with Gasteiger partial charge >= 0.3 is 0 Å². The second kappa shape index (κ2) is 6.92. The summed E-state index contributed by atoms with van der Waals surface area (Å²) in [6.07, 6.45) is 5.00. The lowest BCUT2D eigenvalue weighted by atomic mass is 10.3. The Kier molecular flexibility index (Phi) is 5.61. The molecule has 1 aromatic heterocycles. The fourth-order valence-electron chi connectivity index (χ4n) is 1.000. The third-order valence-electron chi connectivity index (χ3n) is 1.69. The summed E-state index contributed by atoms with van der Waals surface area (Å²) in [6, 6.07) is 5.95. The average Bonchev–Trinajstić information content (AvgIpc) is 2.19. The molecule has 0 fully saturated rings. The van der Waals surface area contributed by atoms with Crippen LogP contribution in [0.3, 0.4) is 0 Å². The molecule has 0 aliphatic carbocycles. The maximum absolute atomic E-state index is 8.56. The quantitative estimate of drug-likeness (QED) is 0.561.